The lowest BCUT2D eigenvalue weighted by atomic mass is 10.1. The fraction of sp³-hybridized carbons (Fsp3) is 0. The highest BCUT2D eigenvalue weighted by atomic mass is 79.9. The second-order valence-corrected chi connectivity index (χ2v) is 3.70. The normalized spacial score (nSPS) is 19.2. The largest absolute Gasteiger partial charge is 0.394 e. The summed E-state index contributed by atoms with van der Waals surface area (Å²) in [5.74, 6) is -0.946. The Kier molecular flexibility index (Phi) is 2.39. The summed E-state index contributed by atoms with van der Waals surface area (Å²) in [6, 6.07) is 0. The van der Waals surface area contributed by atoms with E-state index in [1.54, 1.807) is 0 Å². The number of Topliss-reactive ketones (excluding diaryl/α,β-unsaturated/α-hetero) is 2. The van der Waals surface area contributed by atoms with E-state index in [4.69, 9.17) is 11.5 Å². The zero-order valence-electron chi connectivity index (χ0n) is 5.73. The van der Waals surface area contributed by atoms with Crippen LogP contribution < -0.4 is 11.5 Å². The summed E-state index contributed by atoms with van der Waals surface area (Å²) >= 11 is 5.75. The summed E-state index contributed by atoms with van der Waals surface area (Å²) in [5.41, 5.74) is 10.4. The van der Waals surface area contributed by atoms with Gasteiger partial charge in [-0.15, -0.1) is 0 Å². The van der Waals surface area contributed by atoms with Gasteiger partial charge in [-0.05, 0) is 31.9 Å². The highest BCUT2D eigenvalue weighted by molar-refractivity contribution is 9.12. The molecule has 0 amide bonds. The Morgan fingerprint density at radius 1 is 0.833 bits per heavy atom. The van der Waals surface area contributed by atoms with Gasteiger partial charge in [-0.2, -0.15) is 0 Å². The molecule has 6 heteroatoms. The van der Waals surface area contributed by atoms with E-state index in [1.165, 1.54) is 0 Å². The molecular formula is C6H4Br2N2O2. The molecule has 0 saturated heterocycles. The molecule has 1 aliphatic carbocycles. The van der Waals surface area contributed by atoms with Crippen LogP contribution in [0.3, 0.4) is 0 Å². The molecule has 0 aliphatic heterocycles. The summed E-state index contributed by atoms with van der Waals surface area (Å²) in [6.45, 7) is 0. The fourth-order valence-corrected chi connectivity index (χ4v) is 1.47. The van der Waals surface area contributed by atoms with Gasteiger partial charge in [0.2, 0.25) is 11.6 Å². The van der Waals surface area contributed by atoms with Crippen molar-refractivity contribution in [2.45, 2.75) is 0 Å². The number of ketones is 2. The molecule has 0 aromatic carbocycles. The third kappa shape index (κ3) is 1.21. The third-order valence-electron chi connectivity index (χ3n) is 1.36. The van der Waals surface area contributed by atoms with Crippen molar-refractivity contribution in [3.63, 3.8) is 0 Å². The number of hydrogen-bond acceptors (Lipinski definition) is 4. The Bertz CT molecular complexity index is 281. The molecule has 0 bridgehead atoms. The molecule has 0 aromatic heterocycles. The second kappa shape index (κ2) is 3.02. The molecule has 0 radical (unpaired) electrons. The molecule has 4 nitrogen and oxygen atoms in total. The van der Waals surface area contributed by atoms with Gasteiger partial charge in [0, 0.05) is 0 Å². The van der Waals surface area contributed by atoms with Crippen LogP contribution in [0.5, 0.6) is 0 Å². The second-order valence-electron chi connectivity index (χ2n) is 2.11. The van der Waals surface area contributed by atoms with Crippen LogP contribution in [-0.4, -0.2) is 11.6 Å². The van der Waals surface area contributed by atoms with Gasteiger partial charge in [0.15, 0.2) is 0 Å². The van der Waals surface area contributed by atoms with E-state index in [-0.39, 0.29) is 20.4 Å². The van der Waals surface area contributed by atoms with Gasteiger partial charge in [0.05, 0.1) is 20.4 Å². The van der Waals surface area contributed by atoms with Gasteiger partial charge in [-0.1, -0.05) is 0 Å². The molecule has 1 aliphatic rings. The number of hydrogen-bond donors (Lipinski definition) is 2. The average Bonchev–Trinajstić information content (AvgIpc) is 2.08. The standard InChI is InChI=1S/C6H4Br2N2O2/c7-1-3(9)6(12)2(8)4(10)5(1)11/h9-10H2. The number of halogens is 2. The van der Waals surface area contributed by atoms with Crippen LogP contribution in [0, 0.1) is 0 Å². The molecule has 64 valence electrons. The van der Waals surface area contributed by atoms with Crippen LogP contribution in [-0.2, 0) is 9.59 Å². The van der Waals surface area contributed by atoms with Crippen molar-refractivity contribution in [1.82, 2.24) is 0 Å². The topological polar surface area (TPSA) is 86.2 Å². The predicted octanol–water partition coefficient (Wildman–Crippen LogP) is 0.269. The Hall–Kier alpha value is -0.620. The van der Waals surface area contributed by atoms with Crippen molar-refractivity contribution in [1.29, 1.82) is 0 Å². The predicted molar refractivity (Wildman–Crippen MR) is 50.3 cm³/mol. The Balaban J connectivity index is 3.32. The molecular weight excluding hydrogens is 292 g/mol. The van der Waals surface area contributed by atoms with Crippen molar-refractivity contribution in [2.75, 3.05) is 0 Å². The van der Waals surface area contributed by atoms with E-state index in [0.717, 1.165) is 0 Å². The molecule has 0 fully saturated rings. The summed E-state index contributed by atoms with van der Waals surface area (Å²) in [6.07, 6.45) is 0. The minimum Gasteiger partial charge on any atom is -0.394 e. The van der Waals surface area contributed by atoms with Crippen molar-refractivity contribution in [2.24, 2.45) is 11.5 Å². The van der Waals surface area contributed by atoms with Crippen molar-refractivity contribution < 1.29 is 9.59 Å². The Morgan fingerprint density at radius 2 is 1.08 bits per heavy atom. The van der Waals surface area contributed by atoms with Crippen LogP contribution >= 0.6 is 31.9 Å². The first-order valence-corrected chi connectivity index (χ1v) is 4.45. The van der Waals surface area contributed by atoms with Gasteiger partial charge in [0.1, 0.15) is 0 Å². The Labute approximate surface area is 84.9 Å². The molecule has 0 aromatic rings. The van der Waals surface area contributed by atoms with Crippen molar-refractivity contribution >= 4 is 43.4 Å². The van der Waals surface area contributed by atoms with E-state index in [1.807, 2.05) is 0 Å². The number of rotatable bonds is 0. The number of carbonyl (C=O) groups excluding carboxylic acids is 2. The lowest BCUT2D eigenvalue weighted by molar-refractivity contribution is -0.115. The van der Waals surface area contributed by atoms with Gasteiger partial charge < -0.3 is 11.5 Å². The number of nitrogens with two attached hydrogens (primary N) is 2. The molecule has 0 saturated carbocycles. The third-order valence-corrected chi connectivity index (χ3v) is 2.94. The maximum Gasteiger partial charge on any atom is 0.219 e. The molecule has 4 N–H and O–H groups in total. The first-order valence-electron chi connectivity index (χ1n) is 2.86. The highest BCUT2D eigenvalue weighted by Crippen LogP contribution is 2.26. The first kappa shape index (κ1) is 9.47. The first-order chi connectivity index (χ1) is 5.46. The SMILES string of the molecule is NC1=C(Br)C(=O)C(N)=C(Br)C1=O. The summed E-state index contributed by atoms with van der Waals surface area (Å²) < 4.78 is 0.0430. The number of carbonyl (C=O) groups is 2. The van der Waals surface area contributed by atoms with Crippen LogP contribution in [0.25, 0.3) is 0 Å². The summed E-state index contributed by atoms with van der Waals surface area (Å²) in [7, 11) is 0. The smallest absolute Gasteiger partial charge is 0.219 e. The Morgan fingerprint density at radius 3 is 1.33 bits per heavy atom. The minimum absolute atomic E-state index is 0.0215. The van der Waals surface area contributed by atoms with Crippen LogP contribution in [0.1, 0.15) is 0 Å². The fourth-order valence-electron chi connectivity index (χ4n) is 0.680. The average molecular weight is 296 g/mol. The molecule has 1 rings (SSSR count). The highest BCUT2D eigenvalue weighted by Gasteiger charge is 2.29. The quantitative estimate of drug-likeness (QED) is 0.628. The molecule has 0 heterocycles. The lowest BCUT2D eigenvalue weighted by Crippen LogP contribution is -2.27. The molecule has 12 heavy (non-hydrogen) atoms. The minimum atomic E-state index is -0.473. The lowest BCUT2D eigenvalue weighted by Gasteiger charge is -2.11. The van der Waals surface area contributed by atoms with E-state index in [2.05, 4.69) is 31.9 Å². The van der Waals surface area contributed by atoms with E-state index in [0.29, 0.717) is 0 Å². The summed E-state index contributed by atoms with van der Waals surface area (Å²) in [4.78, 5) is 22.3. The van der Waals surface area contributed by atoms with Crippen LogP contribution in [0.2, 0.25) is 0 Å². The van der Waals surface area contributed by atoms with E-state index >= 15 is 0 Å². The monoisotopic (exact) mass is 294 g/mol. The van der Waals surface area contributed by atoms with Gasteiger partial charge in [-0.3, -0.25) is 9.59 Å². The van der Waals surface area contributed by atoms with E-state index in [9.17, 15) is 9.59 Å². The van der Waals surface area contributed by atoms with E-state index < -0.39 is 11.6 Å². The number of allylic oxidation sites excluding steroid dienone is 2. The maximum atomic E-state index is 11.1. The van der Waals surface area contributed by atoms with Gasteiger partial charge in [-0.25, -0.2) is 0 Å². The van der Waals surface area contributed by atoms with Crippen molar-refractivity contribution in [3.05, 3.63) is 20.4 Å². The molecule has 0 unspecified atom stereocenters. The molecule has 0 atom stereocenters. The van der Waals surface area contributed by atoms with Gasteiger partial charge in [0.25, 0.3) is 0 Å². The van der Waals surface area contributed by atoms with Crippen molar-refractivity contribution in [3.8, 4) is 0 Å². The molecule has 0 spiro atoms. The van der Waals surface area contributed by atoms with Crippen LogP contribution in [0.4, 0.5) is 0 Å². The van der Waals surface area contributed by atoms with Crippen LogP contribution in [0.15, 0.2) is 20.4 Å². The maximum absolute atomic E-state index is 11.1. The summed E-state index contributed by atoms with van der Waals surface area (Å²) in [5, 5.41) is 0. The zero-order valence-corrected chi connectivity index (χ0v) is 8.90. The zero-order chi connectivity index (χ0) is 9.46. The van der Waals surface area contributed by atoms with Gasteiger partial charge >= 0.3 is 0 Å².